The lowest BCUT2D eigenvalue weighted by Crippen LogP contribution is -2.43. The van der Waals surface area contributed by atoms with Crippen LogP contribution in [-0.4, -0.2) is 32.6 Å². The highest BCUT2D eigenvalue weighted by atomic mass is 32.2. The van der Waals surface area contributed by atoms with Crippen molar-refractivity contribution in [3.63, 3.8) is 0 Å². The molecule has 2 fully saturated rings. The van der Waals surface area contributed by atoms with Gasteiger partial charge >= 0.3 is 0 Å². The van der Waals surface area contributed by atoms with Gasteiger partial charge in [-0.05, 0) is 50.3 Å². The van der Waals surface area contributed by atoms with Crippen LogP contribution in [0.4, 0.5) is 10.1 Å². The molecule has 0 bridgehead atoms. The van der Waals surface area contributed by atoms with E-state index in [1.165, 1.54) is 17.0 Å². The quantitative estimate of drug-likeness (QED) is 0.743. The molecular formula is C13H13FN2OS2. The molecule has 0 N–H and O–H groups in total. The third kappa shape index (κ3) is 1.85. The average molecular weight is 296 g/mol. The maximum atomic E-state index is 13.0. The molecule has 3 nitrogen and oxygen atoms in total. The third-order valence-electron chi connectivity index (χ3n) is 3.47. The highest BCUT2D eigenvalue weighted by Crippen LogP contribution is 2.44. The SMILES string of the molecule is CC1(C)SC[C@H]2C(=O)N(c3ccc(F)cc3)C(=S)N21. The Morgan fingerprint density at radius 2 is 2.00 bits per heavy atom. The second kappa shape index (κ2) is 4.18. The predicted octanol–water partition coefficient (Wildman–Crippen LogP) is 2.61. The highest BCUT2D eigenvalue weighted by molar-refractivity contribution is 8.01. The molecule has 2 saturated heterocycles. The van der Waals surface area contributed by atoms with Crippen LogP contribution in [0.25, 0.3) is 0 Å². The van der Waals surface area contributed by atoms with Gasteiger partial charge in [0, 0.05) is 5.75 Å². The molecule has 100 valence electrons. The highest BCUT2D eigenvalue weighted by Gasteiger charge is 2.53. The zero-order valence-corrected chi connectivity index (χ0v) is 12.2. The van der Waals surface area contributed by atoms with Gasteiger partial charge in [0.2, 0.25) is 0 Å². The zero-order valence-electron chi connectivity index (χ0n) is 10.6. The van der Waals surface area contributed by atoms with Gasteiger partial charge in [0.25, 0.3) is 5.91 Å². The van der Waals surface area contributed by atoms with Gasteiger partial charge in [-0.15, -0.1) is 11.8 Å². The molecule has 0 saturated carbocycles. The minimum absolute atomic E-state index is 0.0188. The zero-order chi connectivity index (χ0) is 13.8. The first-order valence-electron chi connectivity index (χ1n) is 5.98. The summed E-state index contributed by atoms with van der Waals surface area (Å²) in [5.41, 5.74) is 0.631. The number of hydrogen-bond acceptors (Lipinski definition) is 3. The van der Waals surface area contributed by atoms with Crippen molar-refractivity contribution in [1.82, 2.24) is 4.90 Å². The Kier molecular flexibility index (Phi) is 2.83. The first-order chi connectivity index (χ1) is 8.92. The number of carbonyl (C=O) groups is 1. The van der Waals surface area contributed by atoms with Gasteiger partial charge in [-0.2, -0.15) is 0 Å². The molecule has 0 radical (unpaired) electrons. The summed E-state index contributed by atoms with van der Waals surface area (Å²) in [5, 5.41) is 0.511. The summed E-state index contributed by atoms with van der Waals surface area (Å²) in [5.74, 6) is 0.399. The molecule has 2 aliphatic heterocycles. The van der Waals surface area contributed by atoms with E-state index in [1.54, 1.807) is 23.9 Å². The first kappa shape index (κ1) is 12.9. The standard InChI is InChI=1S/C13H13FN2OS2/c1-13(2)16-10(7-19-13)11(17)15(12(16)18)9-5-3-8(14)4-6-9/h3-6,10H,7H2,1-2H3/t10-/m0/s1. The van der Waals surface area contributed by atoms with E-state index in [1.807, 2.05) is 4.90 Å². The molecule has 0 unspecified atom stereocenters. The monoisotopic (exact) mass is 296 g/mol. The summed E-state index contributed by atoms with van der Waals surface area (Å²) in [6, 6.07) is 5.66. The van der Waals surface area contributed by atoms with Gasteiger partial charge in [0.15, 0.2) is 5.11 Å². The fourth-order valence-electron chi connectivity index (χ4n) is 2.53. The lowest BCUT2D eigenvalue weighted by molar-refractivity contribution is -0.119. The second-order valence-corrected chi connectivity index (χ2v) is 7.06. The average Bonchev–Trinajstić information content (AvgIpc) is 2.79. The maximum Gasteiger partial charge on any atom is 0.257 e. The summed E-state index contributed by atoms with van der Waals surface area (Å²) in [6.07, 6.45) is 0. The molecule has 0 aromatic heterocycles. The fraction of sp³-hybridized carbons (Fsp3) is 0.385. The van der Waals surface area contributed by atoms with Crippen LogP contribution in [0.1, 0.15) is 13.8 Å². The molecule has 1 amide bonds. The minimum Gasteiger partial charge on any atom is -0.321 e. The largest absolute Gasteiger partial charge is 0.321 e. The van der Waals surface area contributed by atoms with Crippen molar-refractivity contribution in [2.45, 2.75) is 24.8 Å². The van der Waals surface area contributed by atoms with E-state index in [4.69, 9.17) is 12.2 Å². The second-order valence-electron chi connectivity index (χ2n) is 5.08. The van der Waals surface area contributed by atoms with Crippen molar-refractivity contribution in [3.8, 4) is 0 Å². The summed E-state index contributed by atoms with van der Waals surface area (Å²) < 4.78 is 13.0. The number of anilines is 1. The Morgan fingerprint density at radius 3 is 2.58 bits per heavy atom. The summed E-state index contributed by atoms with van der Waals surface area (Å²) in [6.45, 7) is 4.12. The topological polar surface area (TPSA) is 23.6 Å². The number of rotatable bonds is 1. The summed E-state index contributed by atoms with van der Waals surface area (Å²) >= 11 is 7.17. The number of fused-ring (bicyclic) bond motifs is 1. The van der Waals surface area contributed by atoms with Crippen molar-refractivity contribution in [3.05, 3.63) is 30.1 Å². The van der Waals surface area contributed by atoms with Crippen LogP contribution >= 0.6 is 24.0 Å². The number of nitrogens with zero attached hydrogens (tertiary/aromatic N) is 2. The van der Waals surface area contributed by atoms with Crippen LogP contribution in [0.5, 0.6) is 0 Å². The number of thioether (sulfide) groups is 1. The van der Waals surface area contributed by atoms with Gasteiger partial charge in [0.1, 0.15) is 11.9 Å². The van der Waals surface area contributed by atoms with Crippen LogP contribution in [0.2, 0.25) is 0 Å². The molecule has 3 rings (SSSR count). The summed E-state index contributed by atoms with van der Waals surface area (Å²) in [4.78, 5) is 15.8. The van der Waals surface area contributed by atoms with E-state index in [-0.39, 0.29) is 22.6 Å². The van der Waals surface area contributed by atoms with Crippen LogP contribution in [-0.2, 0) is 4.79 Å². The first-order valence-corrected chi connectivity index (χ1v) is 7.38. The molecule has 1 aromatic carbocycles. The Balaban J connectivity index is 1.99. The molecule has 1 aromatic rings. The molecule has 6 heteroatoms. The minimum atomic E-state index is -0.322. The molecule has 0 spiro atoms. The normalized spacial score (nSPS) is 25.1. The molecule has 2 heterocycles. The van der Waals surface area contributed by atoms with Gasteiger partial charge in [-0.3, -0.25) is 9.69 Å². The Morgan fingerprint density at radius 1 is 1.37 bits per heavy atom. The van der Waals surface area contributed by atoms with Crippen LogP contribution in [0.3, 0.4) is 0 Å². The van der Waals surface area contributed by atoms with Crippen molar-refractivity contribution in [1.29, 1.82) is 0 Å². The van der Waals surface area contributed by atoms with Gasteiger partial charge < -0.3 is 4.90 Å². The van der Waals surface area contributed by atoms with E-state index < -0.39 is 0 Å². The van der Waals surface area contributed by atoms with Crippen LogP contribution in [0, 0.1) is 5.82 Å². The number of benzene rings is 1. The van der Waals surface area contributed by atoms with Crippen molar-refractivity contribution < 1.29 is 9.18 Å². The molecule has 19 heavy (non-hydrogen) atoms. The predicted molar refractivity (Wildman–Crippen MR) is 78.6 cm³/mol. The number of hydrogen-bond donors (Lipinski definition) is 0. The maximum absolute atomic E-state index is 13.0. The Labute approximate surface area is 120 Å². The van der Waals surface area contributed by atoms with Gasteiger partial charge in [-0.1, -0.05) is 0 Å². The van der Waals surface area contributed by atoms with E-state index in [0.29, 0.717) is 10.8 Å². The Bertz CT molecular complexity index is 558. The van der Waals surface area contributed by atoms with Gasteiger partial charge in [-0.25, -0.2) is 4.39 Å². The van der Waals surface area contributed by atoms with Gasteiger partial charge in [0.05, 0.1) is 10.6 Å². The molecular weight excluding hydrogens is 283 g/mol. The third-order valence-corrected chi connectivity index (χ3v) is 5.24. The fourth-order valence-corrected chi connectivity index (χ4v) is 4.35. The number of thiocarbonyl (C=S) groups is 1. The van der Waals surface area contributed by atoms with Crippen LogP contribution < -0.4 is 4.90 Å². The summed E-state index contributed by atoms with van der Waals surface area (Å²) in [7, 11) is 0. The van der Waals surface area contributed by atoms with Crippen molar-refractivity contribution >= 4 is 40.7 Å². The Hall–Kier alpha value is -1.14. The lowest BCUT2D eigenvalue weighted by atomic mass is 10.2. The smallest absolute Gasteiger partial charge is 0.257 e. The van der Waals surface area contributed by atoms with Crippen LogP contribution in [0.15, 0.2) is 24.3 Å². The molecule has 0 aliphatic carbocycles. The van der Waals surface area contributed by atoms with E-state index in [9.17, 15) is 9.18 Å². The molecule has 1 atom stereocenters. The van der Waals surface area contributed by atoms with E-state index in [2.05, 4.69) is 13.8 Å². The molecule has 2 aliphatic rings. The number of amides is 1. The lowest BCUT2D eigenvalue weighted by Gasteiger charge is -2.31. The van der Waals surface area contributed by atoms with E-state index >= 15 is 0 Å². The number of carbonyl (C=O) groups excluding carboxylic acids is 1. The van der Waals surface area contributed by atoms with Crippen molar-refractivity contribution in [2.24, 2.45) is 0 Å². The number of halogens is 1. The van der Waals surface area contributed by atoms with E-state index in [0.717, 1.165) is 5.75 Å². The van der Waals surface area contributed by atoms with Crippen molar-refractivity contribution in [2.75, 3.05) is 10.7 Å².